The summed E-state index contributed by atoms with van der Waals surface area (Å²) in [4.78, 5) is 122. The van der Waals surface area contributed by atoms with Gasteiger partial charge in [0.25, 0.3) is 0 Å². The highest BCUT2D eigenvalue weighted by atomic mass is 32.1. The van der Waals surface area contributed by atoms with E-state index >= 15 is 0 Å². The Labute approximate surface area is 450 Å². The first-order valence-electron chi connectivity index (χ1n) is 24.1. The fourth-order valence-corrected chi connectivity index (χ4v) is 9.11. The summed E-state index contributed by atoms with van der Waals surface area (Å²) in [6.07, 6.45) is -0.950. The highest BCUT2D eigenvalue weighted by molar-refractivity contribution is 7.80. The number of phosphoric acid groups is 1. The number of benzene rings is 4. The van der Waals surface area contributed by atoms with Crippen LogP contribution in [-0.2, 0) is 54.9 Å². The Morgan fingerprint density at radius 2 is 1.33 bits per heavy atom. The van der Waals surface area contributed by atoms with E-state index < -0.39 is 104 Å². The van der Waals surface area contributed by atoms with E-state index in [1.165, 1.54) is 48.5 Å². The molecule has 2 aliphatic heterocycles. The number of aromatic hydroxyl groups is 2. The van der Waals surface area contributed by atoms with Crippen molar-refractivity contribution in [1.29, 1.82) is 0 Å². The first kappa shape index (κ1) is 58.9. The third kappa shape index (κ3) is 15.4. The van der Waals surface area contributed by atoms with Crippen molar-refractivity contribution in [3.05, 3.63) is 107 Å². The number of fused-ring (bicyclic) bond motifs is 6. The van der Waals surface area contributed by atoms with Crippen molar-refractivity contribution >= 4 is 78.2 Å². The minimum Gasteiger partial charge on any atom is -0.508 e. The highest BCUT2D eigenvalue weighted by Crippen LogP contribution is 2.57. The van der Waals surface area contributed by atoms with Crippen LogP contribution in [0.15, 0.2) is 78.9 Å². The average Bonchev–Trinajstić information content (AvgIpc) is 3.90. The molecule has 416 valence electrons. The molecular formula is C50H58N9O17PS. The number of carbonyl (C=O) groups is 8. The minimum atomic E-state index is -4.92. The predicted octanol–water partition coefficient (Wildman–Crippen LogP) is 0.291. The molecule has 0 saturated heterocycles. The predicted molar refractivity (Wildman–Crippen MR) is 279 cm³/mol. The maximum atomic E-state index is 14.0. The molecule has 16 N–H and O–H groups in total. The monoisotopic (exact) mass is 1120 g/mol. The largest absolute Gasteiger partial charge is 0.524 e. The van der Waals surface area contributed by atoms with Gasteiger partial charge in [0.1, 0.15) is 52.9 Å². The summed E-state index contributed by atoms with van der Waals surface area (Å²) in [7, 11) is -4.92. The van der Waals surface area contributed by atoms with E-state index in [1.807, 2.05) is 0 Å². The molecule has 0 aliphatic carbocycles. The standard InChI is InChI=1S/C50H58N9O17PS/c1-25(2)18-36(46(68)59-38(24-60)44(52)66)57-43(65)23-54-45(67)35(15-16-41(51)63)58-47(69)37(19-26-5-10-30(11-6-26)76-77(71,72)73)56-42(64)4-3-17-53-49(78)55-27-7-12-32-31(20-27)48(70)75-50(32)33-13-8-28(61)21-39(33)74-40-22-29(62)9-14-34(40)50/h5-14,20-22,25,35-38,60-62H,3-4,15-19,23-24H2,1-2H3,(H2,51,63)(H2,52,66)(H,54,67)(H,56,64)(H,57,65)(H,58,69)(H,59,68)(H2,53,55,78)(H2,71,72,73)/t35-,36-,37-,38-/m0/s1. The van der Waals surface area contributed by atoms with Gasteiger partial charge < -0.3 is 78.0 Å². The molecule has 4 aromatic rings. The number of primary amides is 2. The van der Waals surface area contributed by atoms with Crippen molar-refractivity contribution in [3.8, 4) is 28.7 Å². The van der Waals surface area contributed by atoms with Gasteiger partial charge in [0.2, 0.25) is 41.4 Å². The molecule has 7 amide bonds. The molecule has 26 nitrogen and oxygen atoms in total. The van der Waals surface area contributed by atoms with Gasteiger partial charge in [-0.05, 0) is 91.5 Å². The number of thiocarbonyl (C=S) groups is 1. The number of ether oxygens (including phenoxy) is 2. The van der Waals surface area contributed by atoms with Gasteiger partial charge >= 0.3 is 13.8 Å². The Morgan fingerprint density at radius 1 is 0.731 bits per heavy atom. The zero-order valence-electron chi connectivity index (χ0n) is 41.9. The van der Waals surface area contributed by atoms with Gasteiger partial charge in [0.15, 0.2) is 10.7 Å². The molecule has 2 aliphatic rings. The van der Waals surface area contributed by atoms with E-state index in [1.54, 1.807) is 44.2 Å². The molecule has 0 unspecified atom stereocenters. The molecule has 0 saturated carbocycles. The number of hydrogen-bond acceptors (Lipinski definition) is 16. The second-order valence-corrected chi connectivity index (χ2v) is 20.1. The quantitative estimate of drug-likeness (QED) is 0.0184. The molecule has 2 heterocycles. The van der Waals surface area contributed by atoms with Gasteiger partial charge in [-0.2, -0.15) is 0 Å². The number of phosphoric ester groups is 1. The van der Waals surface area contributed by atoms with E-state index in [-0.39, 0.29) is 84.0 Å². The number of phenolic OH excluding ortho intramolecular Hbond substituents is 2. The van der Waals surface area contributed by atoms with Gasteiger partial charge in [0, 0.05) is 60.3 Å². The molecule has 1 spiro atoms. The number of amides is 7. The van der Waals surface area contributed by atoms with Crippen molar-refractivity contribution < 1.29 is 82.0 Å². The SMILES string of the molecule is CC(C)C[C@H](NC(=O)CNC(=O)[C@H](CCC(N)=O)NC(=O)[C@H](Cc1ccc(OP(=O)(O)O)cc1)NC(=O)CCCNC(=S)Nc1ccc2c(c1)C(=O)OC21c2ccc(O)cc2Oc2cc(O)ccc21)C(=O)N[C@@H](CO)C(N)=O. The number of esters is 1. The number of phenols is 2. The molecule has 0 aromatic heterocycles. The second-order valence-electron chi connectivity index (χ2n) is 18.5. The topological polar surface area (TPSA) is 419 Å². The number of nitrogens with one attached hydrogen (secondary N) is 7. The third-order valence-electron chi connectivity index (χ3n) is 12.1. The summed E-state index contributed by atoms with van der Waals surface area (Å²) in [5, 5.41) is 48.1. The van der Waals surface area contributed by atoms with Crippen LogP contribution >= 0.6 is 20.0 Å². The Kier molecular flexibility index (Phi) is 19.4. The third-order valence-corrected chi connectivity index (χ3v) is 12.8. The lowest BCUT2D eigenvalue weighted by Gasteiger charge is -2.36. The fourth-order valence-electron chi connectivity index (χ4n) is 8.49. The van der Waals surface area contributed by atoms with Crippen LogP contribution in [0.4, 0.5) is 5.69 Å². The lowest BCUT2D eigenvalue weighted by atomic mass is 9.77. The first-order chi connectivity index (χ1) is 36.8. The molecule has 6 rings (SSSR count). The number of nitrogens with two attached hydrogens (primary N) is 2. The molecular weight excluding hydrogens is 1060 g/mol. The number of anilines is 1. The van der Waals surface area contributed by atoms with E-state index in [0.29, 0.717) is 27.9 Å². The van der Waals surface area contributed by atoms with Gasteiger partial charge in [-0.1, -0.05) is 32.0 Å². The van der Waals surface area contributed by atoms with Crippen LogP contribution in [0.5, 0.6) is 28.7 Å². The minimum absolute atomic E-state index is 0.0821. The molecule has 4 aromatic carbocycles. The normalized spacial score (nSPS) is 14.3. The summed E-state index contributed by atoms with van der Waals surface area (Å²) in [5.41, 5.74) is 11.4. The van der Waals surface area contributed by atoms with Crippen molar-refractivity contribution in [2.45, 2.75) is 82.1 Å². The summed E-state index contributed by atoms with van der Waals surface area (Å²) >= 11 is 5.51. The van der Waals surface area contributed by atoms with Crippen molar-refractivity contribution in [1.82, 2.24) is 31.9 Å². The van der Waals surface area contributed by atoms with Crippen LogP contribution in [0.3, 0.4) is 0 Å². The smallest absolute Gasteiger partial charge is 0.508 e. The summed E-state index contributed by atoms with van der Waals surface area (Å²) in [5.74, 6) is -6.85. The van der Waals surface area contributed by atoms with Crippen LogP contribution in [0.25, 0.3) is 0 Å². The Bertz CT molecular complexity index is 2980. The number of hydrogen-bond donors (Lipinski definition) is 14. The van der Waals surface area contributed by atoms with E-state index in [2.05, 4.69) is 41.7 Å². The zero-order valence-corrected chi connectivity index (χ0v) is 43.6. The fraction of sp³-hybridized carbons (Fsp3) is 0.340. The highest BCUT2D eigenvalue weighted by Gasteiger charge is 2.54. The van der Waals surface area contributed by atoms with Crippen molar-refractivity contribution in [3.63, 3.8) is 0 Å². The van der Waals surface area contributed by atoms with Gasteiger partial charge in [-0.25, -0.2) is 9.36 Å². The maximum absolute atomic E-state index is 14.0. The lowest BCUT2D eigenvalue weighted by Crippen LogP contribution is -2.57. The molecule has 78 heavy (non-hydrogen) atoms. The van der Waals surface area contributed by atoms with Crippen LogP contribution in [0.2, 0.25) is 0 Å². The number of aliphatic hydroxyl groups is 1. The number of aliphatic hydroxyl groups excluding tert-OH is 1. The molecule has 4 atom stereocenters. The molecule has 0 fully saturated rings. The van der Waals surface area contributed by atoms with Crippen LogP contribution < -0.4 is 57.9 Å². The number of rotatable bonds is 25. The summed E-state index contributed by atoms with van der Waals surface area (Å²) in [6.45, 7) is 2.10. The summed E-state index contributed by atoms with van der Waals surface area (Å²) < 4.78 is 28.1. The Balaban J connectivity index is 1.09. The van der Waals surface area contributed by atoms with Crippen molar-refractivity contribution in [2.24, 2.45) is 17.4 Å². The molecule has 28 heteroatoms. The zero-order chi connectivity index (χ0) is 57.1. The van der Waals surface area contributed by atoms with E-state index in [0.717, 1.165) is 0 Å². The van der Waals surface area contributed by atoms with Gasteiger partial charge in [-0.15, -0.1) is 0 Å². The molecule has 0 bridgehead atoms. The molecule has 0 radical (unpaired) electrons. The summed E-state index contributed by atoms with van der Waals surface area (Å²) in [6, 6.07) is 13.3. The van der Waals surface area contributed by atoms with Gasteiger partial charge in [0.05, 0.1) is 18.7 Å². The second kappa shape index (κ2) is 25.7. The Hall–Kier alpha value is -8.36. The average molecular weight is 1120 g/mol. The first-order valence-corrected chi connectivity index (χ1v) is 26.1. The number of carbonyl (C=O) groups excluding carboxylic acids is 8. The Morgan fingerprint density at radius 3 is 1.92 bits per heavy atom. The van der Waals surface area contributed by atoms with E-state index in [9.17, 15) is 68.0 Å². The van der Waals surface area contributed by atoms with E-state index in [4.69, 9.17) is 33.2 Å². The maximum Gasteiger partial charge on any atom is 0.524 e. The van der Waals surface area contributed by atoms with Crippen molar-refractivity contribution in [2.75, 3.05) is 25.0 Å². The van der Waals surface area contributed by atoms with Crippen LogP contribution in [0.1, 0.15) is 78.6 Å². The lowest BCUT2D eigenvalue weighted by molar-refractivity contribution is -0.134. The van der Waals surface area contributed by atoms with Gasteiger partial charge in [-0.3, -0.25) is 43.3 Å². The van der Waals surface area contributed by atoms with Crippen LogP contribution in [-0.4, -0.2) is 121 Å². The van der Waals surface area contributed by atoms with Crippen LogP contribution in [0, 0.1) is 5.92 Å².